The molecule has 0 aliphatic carbocycles. The Morgan fingerprint density at radius 2 is 1.49 bits per heavy atom. The molecule has 1 fully saturated rings. The molecule has 2 aromatic carbocycles. The van der Waals surface area contributed by atoms with Gasteiger partial charge in [0.05, 0.1) is 16.0 Å². The number of nitro benzene ring substituents is 1. The van der Waals surface area contributed by atoms with Gasteiger partial charge in [-0.1, -0.05) is 36.0 Å². The van der Waals surface area contributed by atoms with Crippen LogP contribution in [0, 0.1) is 10.1 Å². The third kappa shape index (κ3) is 7.67. The first-order valence-electron chi connectivity index (χ1n) is 13.1. The molecule has 3 aromatic rings. The van der Waals surface area contributed by atoms with Crippen molar-refractivity contribution >= 4 is 52.4 Å². The van der Waals surface area contributed by atoms with E-state index in [0.29, 0.717) is 21.9 Å². The van der Waals surface area contributed by atoms with Gasteiger partial charge in [0.1, 0.15) is 12.7 Å². The molecule has 0 amide bonds. The Balaban J connectivity index is 1.81. The van der Waals surface area contributed by atoms with Crippen LogP contribution < -0.4 is 0 Å². The number of nitro groups is 1. The highest BCUT2D eigenvalue weighted by Crippen LogP contribution is 2.39. The Kier molecular flexibility index (Phi) is 9.98. The third-order valence-corrected chi connectivity index (χ3v) is 7.32. The molecule has 1 saturated heterocycles. The number of esters is 4. The minimum absolute atomic E-state index is 0.0431. The number of fused-ring (bicyclic) bond motifs is 1. The molecule has 1 aliphatic rings. The van der Waals surface area contributed by atoms with E-state index in [0.717, 1.165) is 19.4 Å². The largest absolute Gasteiger partial charge is 0.463 e. The fourth-order valence-electron chi connectivity index (χ4n) is 4.65. The van der Waals surface area contributed by atoms with Crippen LogP contribution in [0.4, 0.5) is 5.69 Å². The smallest absolute Gasteiger partial charge is 0.303 e. The predicted molar refractivity (Wildman–Crippen MR) is 150 cm³/mol. The molecule has 43 heavy (non-hydrogen) atoms. The normalized spacial score (nSPS) is 21.5. The molecule has 0 spiro atoms. The van der Waals surface area contributed by atoms with Crippen molar-refractivity contribution in [3.63, 3.8) is 0 Å². The molecule has 0 saturated carbocycles. The molecule has 228 valence electrons. The van der Waals surface area contributed by atoms with E-state index in [1.807, 2.05) is 0 Å². The number of nitrogens with zero attached hydrogens (tertiary/aromatic N) is 3. The van der Waals surface area contributed by atoms with E-state index in [1.165, 1.54) is 37.7 Å². The fraction of sp³-hybridized carbons (Fsp3) is 0.393. The van der Waals surface area contributed by atoms with E-state index in [1.54, 1.807) is 41.0 Å². The number of non-ortho nitro benzene ring substituents is 1. The lowest BCUT2D eigenvalue weighted by atomic mass is 9.97. The van der Waals surface area contributed by atoms with Crippen LogP contribution in [0.25, 0.3) is 11.0 Å². The average molecular weight is 616 g/mol. The second-order valence-electron chi connectivity index (χ2n) is 9.56. The van der Waals surface area contributed by atoms with Crippen molar-refractivity contribution in [1.29, 1.82) is 0 Å². The first-order valence-corrected chi connectivity index (χ1v) is 14.1. The van der Waals surface area contributed by atoms with E-state index >= 15 is 0 Å². The Bertz CT molecular complexity index is 1520. The summed E-state index contributed by atoms with van der Waals surface area (Å²) in [5.41, 5.74) is 1.88. The van der Waals surface area contributed by atoms with Gasteiger partial charge in [0, 0.05) is 45.6 Å². The topological polar surface area (TPSA) is 175 Å². The van der Waals surface area contributed by atoms with Crippen LogP contribution in [0.1, 0.15) is 39.5 Å². The molecule has 0 bridgehead atoms. The van der Waals surface area contributed by atoms with Gasteiger partial charge in [-0.2, -0.15) is 0 Å². The van der Waals surface area contributed by atoms with Crippen molar-refractivity contribution < 1.29 is 47.8 Å². The second-order valence-corrected chi connectivity index (χ2v) is 10.5. The number of rotatable bonds is 10. The first-order chi connectivity index (χ1) is 20.4. The number of hydrogen-bond donors (Lipinski definition) is 0. The highest BCUT2D eigenvalue weighted by molar-refractivity contribution is 7.98. The lowest BCUT2D eigenvalue weighted by Gasteiger charge is -2.45. The SMILES string of the molecule is CC(=O)OCC1O[C@@H](n2c(SCc3ccc([N+](=O)[O-])cc3)nc3ccccc32)C(OC(C)=O)[C@@H](OC(C)=O)[C@@H]1OC(C)=O. The molecule has 0 radical (unpaired) electrons. The molecular weight excluding hydrogens is 586 g/mol. The summed E-state index contributed by atoms with van der Waals surface area (Å²) in [5.74, 6) is -2.46. The summed E-state index contributed by atoms with van der Waals surface area (Å²) < 4.78 is 30.0. The van der Waals surface area contributed by atoms with Crippen molar-refractivity contribution in [1.82, 2.24) is 9.55 Å². The number of ether oxygens (including phenoxy) is 5. The molecule has 2 unspecified atom stereocenters. The summed E-state index contributed by atoms with van der Waals surface area (Å²) in [6.45, 7) is 4.30. The van der Waals surface area contributed by atoms with Crippen LogP contribution in [-0.4, -0.2) is 69.4 Å². The average Bonchev–Trinajstić information content (AvgIpc) is 3.30. The number of benzene rings is 2. The molecule has 14 nitrogen and oxygen atoms in total. The van der Waals surface area contributed by atoms with Gasteiger partial charge in [0.25, 0.3) is 5.69 Å². The highest BCUT2D eigenvalue weighted by atomic mass is 32.2. The van der Waals surface area contributed by atoms with Crippen molar-refractivity contribution in [2.24, 2.45) is 0 Å². The second kappa shape index (κ2) is 13.6. The summed E-state index contributed by atoms with van der Waals surface area (Å²) in [7, 11) is 0. The lowest BCUT2D eigenvalue weighted by molar-refractivity contribution is -0.384. The summed E-state index contributed by atoms with van der Waals surface area (Å²) in [5, 5.41) is 11.5. The van der Waals surface area contributed by atoms with Gasteiger partial charge < -0.3 is 23.7 Å². The molecule has 0 N–H and O–H groups in total. The van der Waals surface area contributed by atoms with Crippen LogP contribution in [0.15, 0.2) is 53.7 Å². The van der Waals surface area contributed by atoms with E-state index in [4.69, 9.17) is 28.7 Å². The van der Waals surface area contributed by atoms with Crippen molar-refractivity contribution in [2.75, 3.05) is 6.61 Å². The van der Waals surface area contributed by atoms with Crippen molar-refractivity contribution in [3.8, 4) is 0 Å². The Labute approximate surface area is 249 Å². The van der Waals surface area contributed by atoms with Crippen molar-refractivity contribution in [3.05, 3.63) is 64.2 Å². The predicted octanol–water partition coefficient (Wildman–Crippen LogP) is 3.49. The summed E-state index contributed by atoms with van der Waals surface area (Å²) >= 11 is 1.28. The number of thioether (sulfide) groups is 1. The molecule has 4 rings (SSSR count). The number of imidazole rings is 1. The molecule has 1 aromatic heterocycles. The zero-order valence-electron chi connectivity index (χ0n) is 23.7. The van der Waals surface area contributed by atoms with Gasteiger partial charge in [-0.05, 0) is 17.7 Å². The van der Waals surface area contributed by atoms with E-state index in [9.17, 15) is 29.3 Å². The lowest BCUT2D eigenvalue weighted by Crippen LogP contribution is -2.60. The number of para-hydroxylation sites is 2. The van der Waals surface area contributed by atoms with Gasteiger partial charge in [-0.25, -0.2) is 4.98 Å². The number of carbonyl (C=O) groups excluding carboxylic acids is 4. The molecule has 1 aliphatic heterocycles. The maximum Gasteiger partial charge on any atom is 0.303 e. The monoisotopic (exact) mass is 615 g/mol. The number of hydrogen-bond acceptors (Lipinski definition) is 13. The molecule has 2 heterocycles. The molecule has 5 atom stereocenters. The first kappa shape index (κ1) is 31.4. The standard InChI is InChI=1S/C28H29N3O11S/c1-15(32)38-13-23-24(39-16(2)33)25(40-17(3)34)26(41-18(4)35)27(42-23)30-22-8-6-5-7-21(22)29-28(30)43-14-19-9-11-20(12-10-19)31(36)37/h5-12,23-27H,13-14H2,1-4H3/t23?,24-,25+,26?,27-/m1/s1. The number of aromatic nitrogens is 2. The quantitative estimate of drug-likeness (QED) is 0.107. The highest BCUT2D eigenvalue weighted by Gasteiger charge is 2.53. The van der Waals surface area contributed by atoms with Crippen LogP contribution in [-0.2, 0) is 48.6 Å². The van der Waals surface area contributed by atoms with Crippen molar-refractivity contribution in [2.45, 2.75) is 69.2 Å². The van der Waals surface area contributed by atoms with E-state index in [2.05, 4.69) is 0 Å². The van der Waals surface area contributed by atoms with Gasteiger partial charge in [0.15, 0.2) is 29.7 Å². The van der Waals surface area contributed by atoms with E-state index < -0.39 is 59.4 Å². The van der Waals surface area contributed by atoms with Gasteiger partial charge in [-0.15, -0.1) is 0 Å². The molecular formula is C28H29N3O11S. The maximum atomic E-state index is 12.3. The number of carbonyl (C=O) groups is 4. The zero-order chi connectivity index (χ0) is 31.3. The third-order valence-electron chi connectivity index (χ3n) is 6.30. The maximum absolute atomic E-state index is 12.3. The Hall–Kier alpha value is -4.50. The summed E-state index contributed by atoms with van der Waals surface area (Å²) in [6, 6.07) is 13.2. The summed E-state index contributed by atoms with van der Waals surface area (Å²) in [6.07, 6.45) is -6.30. The Morgan fingerprint density at radius 3 is 2.09 bits per heavy atom. The minimum Gasteiger partial charge on any atom is -0.463 e. The van der Waals surface area contributed by atoms with Gasteiger partial charge in [-0.3, -0.25) is 33.9 Å². The fourth-order valence-corrected chi connectivity index (χ4v) is 5.64. The minimum atomic E-state index is -1.35. The molecule has 15 heteroatoms. The van der Waals surface area contributed by atoms with Crippen LogP contribution in [0.3, 0.4) is 0 Å². The van der Waals surface area contributed by atoms with E-state index in [-0.39, 0.29) is 12.3 Å². The van der Waals surface area contributed by atoms with Gasteiger partial charge >= 0.3 is 23.9 Å². The van der Waals surface area contributed by atoms with Gasteiger partial charge in [0.2, 0.25) is 0 Å². The van der Waals surface area contributed by atoms with Crippen LogP contribution in [0.2, 0.25) is 0 Å². The summed E-state index contributed by atoms with van der Waals surface area (Å²) in [4.78, 5) is 63.7. The van der Waals surface area contributed by atoms with Crippen LogP contribution >= 0.6 is 11.8 Å². The Morgan fingerprint density at radius 1 is 0.884 bits per heavy atom. The zero-order valence-corrected chi connectivity index (χ0v) is 24.5. The van der Waals surface area contributed by atoms with Crippen LogP contribution in [0.5, 0.6) is 0 Å².